The number of nitrogens with zero attached hydrogens (tertiary/aromatic N) is 4. The molecule has 3 rings (SSSR count). The Labute approximate surface area is 179 Å². The van der Waals surface area contributed by atoms with Gasteiger partial charge in [0.25, 0.3) is 0 Å². The van der Waals surface area contributed by atoms with Crippen LogP contribution in [0.25, 0.3) is 0 Å². The minimum atomic E-state index is -0.161. The molecule has 0 aromatic heterocycles. The minimum Gasteiger partial charge on any atom is -0.497 e. The molecule has 2 aromatic carbocycles. The van der Waals surface area contributed by atoms with Gasteiger partial charge in [0.05, 0.1) is 7.11 Å². The zero-order chi connectivity index (χ0) is 21.5. The van der Waals surface area contributed by atoms with Gasteiger partial charge in [0, 0.05) is 57.6 Å². The first-order chi connectivity index (χ1) is 14.5. The fourth-order valence-electron chi connectivity index (χ4n) is 3.68. The minimum absolute atomic E-state index is 0.161. The average Bonchev–Trinajstić information content (AvgIpc) is 2.76. The Morgan fingerprint density at radius 3 is 2.40 bits per heavy atom. The summed E-state index contributed by atoms with van der Waals surface area (Å²) < 4.78 is 19.3. The lowest BCUT2D eigenvalue weighted by molar-refractivity contribution is 0.372. The van der Waals surface area contributed by atoms with Crippen LogP contribution in [0, 0.1) is 5.82 Å². The standard InChI is InChI=1S/C23H32FN5O/c1-25-23(26-16-18-5-10-22(24)19(15-18)17-27(2)3)29-13-11-28(12-14-29)20-6-8-21(30-4)9-7-20/h5-10,15H,11-14,16-17H2,1-4H3,(H,25,26). The van der Waals surface area contributed by atoms with Crippen molar-refractivity contribution < 1.29 is 9.13 Å². The van der Waals surface area contributed by atoms with Crippen molar-refractivity contribution in [3.63, 3.8) is 0 Å². The van der Waals surface area contributed by atoms with E-state index in [4.69, 9.17) is 4.74 Å². The summed E-state index contributed by atoms with van der Waals surface area (Å²) in [6.07, 6.45) is 0. The number of hydrogen-bond donors (Lipinski definition) is 1. The van der Waals surface area contributed by atoms with Gasteiger partial charge in [-0.05, 0) is 56.1 Å². The van der Waals surface area contributed by atoms with E-state index in [9.17, 15) is 4.39 Å². The third-order valence-electron chi connectivity index (χ3n) is 5.28. The maximum absolute atomic E-state index is 14.0. The molecule has 2 aromatic rings. The number of ether oxygens (including phenoxy) is 1. The molecule has 1 aliphatic rings. The Balaban J connectivity index is 1.55. The molecule has 0 saturated carbocycles. The molecule has 0 bridgehead atoms. The van der Waals surface area contributed by atoms with Crippen LogP contribution in [-0.4, -0.2) is 70.2 Å². The Hall–Kier alpha value is -2.80. The second kappa shape index (κ2) is 10.3. The second-order valence-corrected chi connectivity index (χ2v) is 7.74. The third kappa shape index (κ3) is 5.63. The van der Waals surface area contributed by atoms with Gasteiger partial charge in [0.2, 0.25) is 0 Å². The molecule has 6 nitrogen and oxygen atoms in total. The first kappa shape index (κ1) is 21.9. The van der Waals surface area contributed by atoms with Crippen LogP contribution >= 0.6 is 0 Å². The van der Waals surface area contributed by atoms with Gasteiger partial charge in [-0.3, -0.25) is 4.99 Å². The topological polar surface area (TPSA) is 43.3 Å². The van der Waals surface area contributed by atoms with Crippen molar-refractivity contribution in [1.82, 2.24) is 15.1 Å². The molecule has 0 amide bonds. The fraction of sp³-hybridized carbons (Fsp3) is 0.435. The second-order valence-electron chi connectivity index (χ2n) is 7.74. The zero-order valence-electron chi connectivity index (χ0n) is 18.4. The van der Waals surface area contributed by atoms with Crippen LogP contribution in [0.1, 0.15) is 11.1 Å². The van der Waals surface area contributed by atoms with Gasteiger partial charge in [-0.2, -0.15) is 0 Å². The molecule has 1 aliphatic heterocycles. The molecule has 1 fully saturated rings. The van der Waals surface area contributed by atoms with Crippen LogP contribution in [0.2, 0.25) is 0 Å². The number of methoxy groups -OCH3 is 1. The summed E-state index contributed by atoms with van der Waals surface area (Å²) in [5, 5.41) is 3.43. The quantitative estimate of drug-likeness (QED) is 0.583. The van der Waals surface area contributed by atoms with Crippen molar-refractivity contribution in [1.29, 1.82) is 0 Å². The first-order valence-corrected chi connectivity index (χ1v) is 10.3. The molecule has 0 aliphatic carbocycles. The number of aliphatic imine (C=N–C) groups is 1. The molecular formula is C23H32FN5O. The van der Waals surface area contributed by atoms with Crippen LogP contribution in [0.15, 0.2) is 47.5 Å². The number of nitrogens with one attached hydrogen (secondary N) is 1. The molecule has 162 valence electrons. The summed E-state index contributed by atoms with van der Waals surface area (Å²) in [7, 11) is 7.37. The van der Waals surface area contributed by atoms with Gasteiger partial charge in [-0.15, -0.1) is 0 Å². The normalized spacial score (nSPS) is 14.9. The summed E-state index contributed by atoms with van der Waals surface area (Å²) in [5.41, 5.74) is 2.96. The van der Waals surface area contributed by atoms with E-state index in [0.717, 1.165) is 43.5 Å². The van der Waals surface area contributed by atoms with Crippen LogP contribution in [0.5, 0.6) is 5.75 Å². The van der Waals surface area contributed by atoms with E-state index in [-0.39, 0.29) is 5.82 Å². The van der Waals surface area contributed by atoms with E-state index in [0.29, 0.717) is 18.7 Å². The molecule has 0 atom stereocenters. The maximum atomic E-state index is 14.0. The highest BCUT2D eigenvalue weighted by Crippen LogP contribution is 2.20. The molecule has 0 unspecified atom stereocenters. The van der Waals surface area contributed by atoms with E-state index >= 15 is 0 Å². The number of hydrogen-bond acceptors (Lipinski definition) is 4. The number of guanidine groups is 1. The van der Waals surface area contributed by atoms with Crippen molar-refractivity contribution in [2.24, 2.45) is 4.99 Å². The molecule has 0 radical (unpaired) electrons. The van der Waals surface area contributed by atoms with Crippen molar-refractivity contribution in [2.45, 2.75) is 13.1 Å². The van der Waals surface area contributed by atoms with Gasteiger partial charge in [-0.25, -0.2) is 4.39 Å². The lowest BCUT2D eigenvalue weighted by Gasteiger charge is -2.37. The van der Waals surface area contributed by atoms with Crippen LogP contribution in [0.4, 0.5) is 10.1 Å². The lowest BCUT2D eigenvalue weighted by Crippen LogP contribution is -2.52. The van der Waals surface area contributed by atoms with Gasteiger partial charge < -0.3 is 24.8 Å². The highest BCUT2D eigenvalue weighted by Gasteiger charge is 2.20. The monoisotopic (exact) mass is 413 g/mol. The largest absolute Gasteiger partial charge is 0.497 e. The van der Waals surface area contributed by atoms with E-state index in [2.05, 4.69) is 32.2 Å². The van der Waals surface area contributed by atoms with Gasteiger partial charge >= 0.3 is 0 Å². The maximum Gasteiger partial charge on any atom is 0.194 e. The zero-order valence-corrected chi connectivity index (χ0v) is 18.4. The third-order valence-corrected chi connectivity index (χ3v) is 5.28. The number of anilines is 1. The summed E-state index contributed by atoms with van der Waals surface area (Å²) >= 11 is 0. The van der Waals surface area contributed by atoms with Crippen molar-refractivity contribution >= 4 is 11.6 Å². The Morgan fingerprint density at radius 2 is 1.80 bits per heavy atom. The number of rotatable bonds is 6. The summed E-state index contributed by atoms with van der Waals surface area (Å²) in [4.78, 5) is 11.1. The Morgan fingerprint density at radius 1 is 1.10 bits per heavy atom. The molecular weight excluding hydrogens is 381 g/mol. The highest BCUT2D eigenvalue weighted by molar-refractivity contribution is 5.80. The lowest BCUT2D eigenvalue weighted by atomic mass is 10.1. The van der Waals surface area contributed by atoms with Crippen molar-refractivity contribution in [3.8, 4) is 5.75 Å². The van der Waals surface area contributed by atoms with Crippen molar-refractivity contribution in [3.05, 3.63) is 59.4 Å². The van der Waals surface area contributed by atoms with E-state index in [1.807, 2.05) is 43.3 Å². The first-order valence-electron chi connectivity index (χ1n) is 10.3. The predicted octanol–water partition coefficient (Wildman–Crippen LogP) is 2.79. The summed E-state index contributed by atoms with van der Waals surface area (Å²) in [6.45, 7) is 4.84. The number of piperazine rings is 1. The van der Waals surface area contributed by atoms with Crippen molar-refractivity contribution in [2.75, 3.05) is 59.3 Å². The Kier molecular flexibility index (Phi) is 7.52. The predicted molar refractivity (Wildman–Crippen MR) is 121 cm³/mol. The van der Waals surface area contributed by atoms with Gasteiger partial charge in [0.1, 0.15) is 11.6 Å². The van der Waals surface area contributed by atoms with Crippen LogP contribution in [-0.2, 0) is 13.1 Å². The van der Waals surface area contributed by atoms with Crippen LogP contribution < -0.4 is 15.0 Å². The average molecular weight is 414 g/mol. The molecule has 1 saturated heterocycles. The smallest absolute Gasteiger partial charge is 0.194 e. The Bertz CT molecular complexity index is 845. The molecule has 0 spiro atoms. The molecule has 30 heavy (non-hydrogen) atoms. The molecule has 1 N–H and O–H groups in total. The van der Waals surface area contributed by atoms with Gasteiger partial charge in [0.15, 0.2) is 5.96 Å². The van der Waals surface area contributed by atoms with E-state index in [1.54, 1.807) is 20.2 Å². The molecule has 7 heteroatoms. The van der Waals surface area contributed by atoms with E-state index in [1.165, 1.54) is 5.69 Å². The number of halogens is 1. The summed E-state index contributed by atoms with van der Waals surface area (Å²) in [5.74, 6) is 1.59. The number of benzene rings is 2. The van der Waals surface area contributed by atoms with E-state index < -0.39 is 0 Å². The fourth-order valence-corrected chi connectivity index (χ4v) is 3.68. The van der Waals surface area contributed by atoms with Gasteiger partial charge in [-0.1, -0.05) is 6.07 Å². The SMILES string of the molecule is CN=C(NCc1ccc(F)c(CN(C)C)c1)N1CCN(c2ccc(OC)cc2)CC1. The molecule has 1 heterocycles. The highest BCUT2D eigenvalue weighted by atomic mass is 19.1. The van der Waals surface area contributed by atoms with Crippen LogP contribution in [0.3, 0.4) is 0 Å². The summed E-state index contributed by atoms with van der Waals surface area (Å²) in [6, 6.07) is 13.5.